The summed E-state index contributed by atoms with van der Waals surface area (Å²) in [7, 11) is 0. The van der Waals surface area contributed by atoms with Crippen LogP contribution in [0.25, 0.3) is 0 Å². The van der Waals surface area contributed by atoms with Crippen LogP contribution in [0.15, 0.2) is 11.8 Å². The van der Waals surface area contributed by atoms with Crippen LogP contribution in [0.4, 0.5) is 0 Å². The van der Waals surface area contributed by atoms with E-state index in [1.807, 2.05) is 13.0 Å². The summed E-state index contributed by atoms with van der Waals surface area (Å²) in [4.78, 5) is 0. The van der Waals surface area contributed by atoms with Crippen molar-refractivity contribution in [1.82, 2.24) is 0 Å². The summed E-state index contributed by atoms with van der Waals surface area (Å²) < 4.78 is 10.3. The van der Waals surface area contributed by atoms with E-state index in [-0.39, 0.29) is 0 Å². The summed E-state index contributed by atoms with van der Waals surface area (Å²) in [5.41, 5.74) is 0. The molecule has 1 aliphatic rings. The third-order valence-electron chi connectivity index (χ3n) is 1.77. The zero-order valence-electron chi connectivity index (χ0n) is 7.45. The highest BCUT2D eigenvalue weighted by Gasteiger charge is 2.14. The van der Waals surface area contributed by atoms with Gasteiger partial charge < -0.3 is 14.6 Å². The zero-order chi connectivity index (χ0) is 8.81. The average molecular weight is 172 g/mol. The molecule has 0 aromatic rings. The summed E-state index contributed by atoms with van der Waals surface area (Å²) in [5.74, 6) is 0.676. The predicted molar refractivity (Wildman–Crippen MR) is 45.8 cm³/mol. The lowest BCUT2D eigenvalue weighted by atomic mass is 10.2. The van der Waals surface area contributed by atoms with Crippen molar-refractivity contribution in [2.45, 2.75) is 25.9 Å². The lowest BCUT2D eigenvalue weighted by Gasteiger charge is -2.19. The van der Waals surface area contributed by atoms with Crippen molar-refractivity contribution in [2.75, 3.05) is 19.8 Å². The molecule has 0 amide bonds. The minimum Gasteiger partial charge on any atom is -0.495 e. The van der Waals surface area contributed by atoms with E-state index in [4.69, 9.17) is 9.47 Å². The highest BCUT2D eigenvalue weighted by Crippen LogP contribution is 2.13. The molecule has 0 aromatic carbocycles. The Bertz CT molecular complexity index is 154. The molecule has 12 heavy (non-hydrogen) atoms. The van der Waals surface area contributed by atoms with Crippen molar-refractivity contribution in [1.29, 1.82) is 0 Å². The van der Waals surface area contributed by atoms with Crippen LogP contribution in [0.3, 0.4) is 0 Å². The second-order valence-corrected chi connectivity index (χ2v) is 2.77. The van der Waals surface area contributed by atoms with Crippen molar-refractivity contribution in [2.24, 2.45) is 0 Å². The molecule has 1 heterocycles. The molecule has 1 N–H and O–H groups in total. The van der Waals surface area contributed by atoms with Gasteiger partial charge in [0.1, 0.15) is 11.9 Å². The number of hydrogen-bond acceptors (Lipinski definition) is 3. The summed E-state index contributed by atoms with van der Waals surface area (Å²) in [5, 5.41) is 9.49. The second-order valence-electron chi connectivity index (χ2n) is 2.77. The molecule has 0 saturated heterocycles. The average Bonchev–Trinajstić information content (AvgIpc) is 2.15. The van der Waals surface area contributed by atoms with Crippen molar-refractivity contribution >= 4 is 0 Å². The Labute approximate surface area is 73.0 Å². The number of aliphatic hydroxyl groups excluding tert-OH is 1. The summed E-state index contributed by atoms with van der Waals surface area (Å²) in [6.45, 7) is 3.59. The van der Waals surface area contributed by atoms with Crippen LogP contribution in [-0.2, 0) is 9.47 Å². The van der Waals surface area contributed by atoms with E-state index in [1.165, 1.54) is 0 Å². The van der Waals surface area contributed by atoms with Gasteiger partial charge in [-0.2, -0.15) is 0 Å². The van der Waals surface area contributed by atoms with Crippen LogP contribution in [0.2, 0.25) is 0 Å². The number of aliphatic hydroxyl groups is 1. The number of rotatable bonds is 4. The lowest BCUT2D eigenvalue weighted by molar-refractivity contribution is 0.0202. The molecule has 1 rings (SSSR count). The minimum absolute atomic E-state index is 0.336. The highest BCUT2D eigenvalue weighted by molar-refractivity contribution is 5.01. The molecule has 70 valence electrons. The van der Waals surface area contributed by atoms with E-state index in [1.54, 1.807) is 0 Å². The topological polar surface area (TPSA) is 38.7 Å². The molecule has 1 unspecified atom stereocenters. The maximum Gasteiger partial charge on any atom is 0.134 e. The lowest BCUT2D eigenvalue weighted by Crippen LogP contribution is -2.21. The first kappa shape index (κ1) is 9.55. The van der Waals surface area contributed by atoms with Crippen LogP contribution < -0.4 is 0 Å². The van der Waals surface area contributed by atoms with Crippen molar-refractivity contribution in [3.05, 3.63) is 11.8 Å². The Morgan fingerprint density at radius 1 is 1.75 bits per heavy atom. The third kappa shape index (κ3) is 2.83. The van der Waals surface area contributed by atoms with Crippen molar-refractivity contribution < 1.29 is 14.6 Å². The quantitative estimate of drug-likeness (QED) is 0.689. The number of hydrogen-bond donors (Lipinski definition) is 1. The van der Waals surface area contributed by atoms with Gasteiger partial charge in [-0.25, -0.2) is 0 Å². The van der Waals surface area contributed by atoms with Crippen LogP contribution in [0, 0.1) is 0 Å². The van der Waals surface area contributed by atoms with Gasteiger partial charge in [0.15, 0.2) is 0 Å². The van der Waals surface area contributed by atoms with Crippen LogP contribution in [0.1, 0.15) is 19.8 Å². The van der Waals surface area contributed by atoms with E-state index in [9.17, 15) is 5.11 Å². The molecule has 1 aliphatic heterocycles. The molecule has 3 nitrogen and oxygen atoms in total. The Morgan fingerprint density at radius 2 is 2.58 bits per heavy atom. The first-order valence-electron chi connectivity index (χ1n) is 4.43. The van der Waals surface area contributed by atoms with Gasteiger partial charge in [-0.05, 0) is 25.8 Å². The van der Waals surface area contributed by atoms with Gasteiger partial charge in [-0.15, -0.1) is 0 Å². The van der Waals surface area contributed by atoms with Gasteiger partial charge in [0.25, 0.3) is 0 Å². The van der Waals surface area contributed by atoms with E-state index in [2.05, 4.69) is 0 Å². The fraction of sp³-hybridized carbons (Fsp3) is 0.778. The van der Waals surface area contributed by atoms with Crippen LogP contribution in [0.5, 0.6) is 0 Å². The van der Waals surface area contributed by atoms with Crippen molar-refractivity contribution in [3.8, 4) is 0 Å². The molecule has 0 aliphatic carbocycles. The Balaban J connectivity index is 2.29. The fourth-order valence-corrected chi connectivity index (χ4v) is 1.12. The van der Waals surface area contributed by atoms with E-state index >= 15 is 0 Å². The molecule has 3 heteroatoms. The van der Waals surface area contributed by atoms with Gasteiger partial charge >= 0.3 is 0 Å². The SMILES string of the molecule is CCOCC(O)C1=CCCCO1. The molecule has 0 saturated carbocycles. The third-order valence-corrected chi connectivity index (χ3v) is 1.77. The minimum atomic E-state index is -0.578. The Hall–Kier alpha value is -0.540. The van der Waals surface area contributed by atoms with Gasteiger partial charge in [0.05, 0.1) is 13.2 Å². The molecular formula is C9H16O3. The smallest absolute Gasteiger partial charge is 0.134 e. The maximum atomic E-state index is 9.49. The molecule has 1 atom stereocenters. The standard InChI is InChI=1S/C9H16O3/c1-2-11-7-8(10)9-5-3-4-6-12-9/h5,8,10H,2-4,6-7H2,1H3. The second kappa shape index (κ2) is 5.17. The van der Waals surface area contributed by atoms with Crippen LogP contribution >= 0.6 is 0 Å². The van der Waals surface area contributed by atoms with E-state index < -0.39 is 6.10 Å². The van der Waals surface area contributed by atoms with Crippen molar-refractivity contribution in [3.63, 3.8) is 0 Å². The van der Waals surface area contributed by atoms with Gasteiger partial charge in [0, 0.05) is 6.61 Å². The largest absolute Gasteiger partial charge is 0.495 e. The summed E-state index contributed by atoms with van der Waals surface area (Å²) in [6, 6.07) is 0. The monoisotopic (exact) mass is 172 g/mol. The molecule has 0 radical (unpaired) electrons. The molecule has 0 bridgehead atoms. The number of allylic oxidation sites excluding steroid dienone is 1. The van der Waals surface area contributed by atoms with Crippen LogP contribution in [-0.4, -0.2) is 31.0 Å². The first-order chi connectivity index (χ1) is 5.84. The molecule has 0 fully saturated rings. The summed E-state index contributed by atoms with van der Waals surface area (Å²) >= 11 is 0. The Kier molecular flexibility index (Phi) is 4.11. The number of ether oxygens (including phenoxy) is 2. The predicted octanol–water partition coefficient (Wildman–Crippen LogP) is 1.08. The highest BCUT2D eigenvalue weighted by atomic mass is 16.5. The first-order valence-corrected chi connectivity index (χ1v) is 4.43. The summed E-state index contributed by atoms with van der Waals surface area (Å²) in [6.07, 6.45) is 3.40. The maximum absolute atomic E-state index is 9.49. The molecular weight excluding hydrogens is 156 g/mol. The van der Waals surface area contributed by atoms with Gasteiger partial charge in [-0.1, -0.05) is 0 Å². The normalized spacial score (nSPS) is 19.7. The van der Waals surface area contributed by atoms with Gasteiger partial charge in [0.2, 0.25) is 0 Å². The zero-order valence-corrected chi connectivity index (χ0v) is 7.45. The fourth-order valence-electron chi connectivity index (χ4n) is 1.12. The molecule has 0 aromatic heterocycles. The van der Waals surface area contributed by atoms with Gasteiger partial charge in [-0.3, -0.25) is 0 Å². The van der Waals surface area contributed by atoms with E-state index in [0.29, 0.717) is 19.0 Å². The Morgan fingerprint density at radius 3 is 3.17 bits per heavy atom. The molecule has 0 spiro atoms. The van der Waals surface area contributed by atoms with E-state index in [0.717, 1.165) is 19.4 Å².